The standard InChI is InChI=1S/C21H21NO6/c1-12(23)14-7-17-18(27-11-26-17)8-15(14)22-19(24)10-25-16-6-4-5-13-9-21(2,3)28-20(13)16/h4-8H,9-11H2,1-3H3,(H,22,24). The average Bonchev–Trinajstić information content (AvgIpc) is 3.20. The molecular formula is C21H21NO6. The minimum Gasteiger partial charge on any atom is -0.483 e. The molecule has 0 spiro atoms. The van der Waals surface area contributed by atoms with Crippen molar-refractivity contribution in [1.29, 1.82) is 0 Å². The van der Waals surface area contributed by atoms with Crippen molar-refractivity contribution in [1.82, 2.24) is 0 Å². The number of hydrogen-bond acceptors (Lipinski definition) is 6. The van der Waals surface area contributed by atoms with Crippen LogP contribution in [0.1, 0.15) is 36.7 Å². The number of para-hydroxylation sites is 1. The molecule has 2 heterocycles. The van der Waals surface area contributed by atoms with Crippen LogP contribution in [0.15, 0.2) is 30.3 Å². The molecule has 2 aromatic carbocycles. The number of ether oxygens (including phenoxy) is 4. The molecule has 7 nitrogen and oxygen atoms in total. The maximum atomic E-state index is 12.4. The van der Waals surface area contributed by atoms with Gasteiger partial charge in [-0.05, 0) is 32.9 Å². The van der Waals surface area contributed by atoms with Crippen LogP contribution in [0.25, 0.3) is 0 Å². The molecule has 0 aromatic heterocycles. The fourth-order valence-electron chi connectivity index (χ4n) is 3.37. The van der Waals surface area contributed by atoms with Gasteiger partial charge >= 0.3 is 0 Å². The van der Waals surface area contributed by atoms with E-state index in [-0.39, 0.29) is 24.8 Å². The third kappa shape index (κ3) is 3.47. The van der Waals surface area contributed by atoms with Crippen molar-refractivity contribution in [2.24, 2.45) is 0 Å². The van der Waals surface area contributed by atoms with Gasteiger partial charge in [-0.15, -0.1) is 0 Å². The summed E-state index contributed by atoms with van der Waals surface area (Å²) in [5, 5.41) is 2.71. The summed E-state index contributed by atoms with van der Waals surface area (Å²) in [6.07, 6.45) is 0.783. The zero-order chi connectivity index (χ0) is 19.9. The molecule has 1 N–H and O–H groups in total. The van der Waals surface area contributed by atoms with E-state index in [4.69, 9.17) is 18.9 Å². The number of amides is 1. The number of Topliss-reactive ketones (excluding diaryl/α,β-unsaturated/α-hetero) is 1. The van der Waals surface area contributed by atoms with Gasteiger partial charge < -0.3 is 24.3 Å². The number of benzene rings is 2. The Labute approximate surface area is 162 Å². The quantitative estimate of drug-likeness (QED) is 0.798. The molecule has 1 amide bonds. The Morgan fingerprint density at radius 3 is 2.68 bits per heavy atom. The van der Waals surface area contributed by atoms with Crippen molar-refractivity contribution >= 4 is 17.4 Å². The third-order valence-electron chi connectivity index (χ3n) is 4.58. The first-order valence-corrected chi connectivity index (χ1v) is 9.00. The van der Waals surface area contributed by atoms with Crippen LogP contribution in [0, 0.1) is 0 Å². The van der Waals surface area contributed by atoms with E-state index in [0.717, 1.165) is 12.0 Å². The fraction of sp³-hybridized carbons (Fsp3) is 0.333. The van der Waals surface area contributed by atoms with Gasteiger partial charge in [0.25, 0.3) is 5.91 Å². The van der Waals surface area contributed by atoms with Gasteiger partial charge in [-0.2, -0.15) is 0 Å². The van der Waals surface area contributed by atoms with Crippen LogP contribution in [-0.2, 0) is 11.2 Å². The Morgan fingerprint density at radius 2 is 1.93 bits per heavy atom. The highest BCUT2D eigenvalue weighted by atomic mass is 16.7. The highest BCUT2D eigenvalue weighted by Gasteiger charge is 2.32. The molecule has 28 heavy (non-hydrogen) atoms. The highest BCUT2D eigenvalue weighted by Crippen LogP contribution is 2.42. The second-order valence-electron chi connectivity index (χ2n) is 7.43. The van der Waals surface area contributed by atoms with Crippen LogP contribution >= 0.6 is 0 Å². The van der Waals surface area contributed by atoms with Crippen LogP contribution < -0.4 is 24.3 Å². The molecule has 0 fully saturated rings. The van der Waals surface area contributed by atoms with E-state index >= 15 is 0 Å². The van der Waals surface area contributed by atoms with E-state index < -0.39 is 5.91 Å². The van der Waals surface area contributed by atoms with Gasteiger partial charge in [0.05, 0.1) is 5.69 Å². The first kappa shape index (κ1) is 18.2. The Kier molecular flexibility index (Phi) is 4.37. The van der Waals surface area contributed by atoms with Crippen LogP contribution in [-0.4, -0.2) is 30.7 Å². The Morgan fingerprint density at radius 1 is 1.18 bits per heavy atom. The van der Waals surface area contributed by atoms with Crippen LogP contribution in [0.5, 0.6) is 23.0 Å². The van der Waals surface area contributed by atoms with Crippen molar-refractivity contribution in [2.75, 3.05) is 18.7 Å². The Bertz CT molecular complexity index is 966. The lowest BCUT2D eigenvalue weighted by molar-refractivity contribution is -0.118. The van der Waals surface area contributed by atoms with Gasteiger partial charge in [-0.1, -0.05) is 12.1 Å². The lowest BCUT2D eigenvalue weighted by Gasteiger charge is -2.18. The second-order valence-corrected chi connectivity index (χ2v) is 7.43. The number of hydrogen-bond donors (Lipinski definition) is 1. The van der Waals surface area contributed by atoms with E-state index in [1.807, 2.05) is 26.0 Å². The van der Waals surface area contributed by atoms with Gasteiger partial charge in [0.15, 0.2) is 35.4 Å². The molecule has 0 radical (unpaired) electrons. The van der Waals surface area contributed by atoms with Gasteiger partial charge in [-0.3, -0.25) is 9.59 Å². The van der Waals surface area contributed by atoms with Gasteiger partial charge in [0.1, 0.15) is 5.60 Å². The molecule has 146 valence electrons. The maximum Gasteiger partial charge on any atom is 0.262 e. The predicted octanol–water partition coefficient (Wildman–Crippen LogP) is 3.35. The summed E-state index contributed by atoms with van der Waals surface area (Å²) in [6.45, 7) is 5.31. The molecule has 0 saturated carbocycles. The molecule has 0 bridgehead atoms. The lowest BCUT2D eigenvalue weighted by Crippen LogP contribution is -2.25. The summed E-state index contributed by atoms with van der Waals surface area (Å²) in [7, 11) is 0. The Balaban J connectivity index is 1.47. The minimum absolute atomic E-state index is 0.0860. The maximum absolute atomic E-state index is 12.4. The molecular weight excluding hydrogens is 362 g/mol. The van der Waals surface area contributed by atoms with Crippen molar-refractivity contribution < 1.29 is 28.5 Å². The molecule has 0 saturated heterocycles. The normalized spacial score (nSPS) is 15.5. The topological polar surface area (TPSA) is 83.1 Å². The molecule has 0 unspecified atom stereocenters. The highest BCUT2D eigenvalue weighted by molar-refractivity contribution is 6.04. The SMILES string of the molecule is CC(=O)c1cc2c(cc1NC(=O)COc1cccc3c1OC(C)(C)C3)OCO2. The van der Waals surface area contributed by atoms with Gasteiger partial charge in [0, 0.05) is 23.6 Å². The number of fused-ring (bicyclic) bond motifs is 2. The van der Waals surface area contributed by atoms with E-state index in [2.05, 4.69) is 5.32 Å². The van der Waals surface area contributed by atoms with Gasteiger partial charge in [-0.25, -0.2) is 0 Å². The largest absolute Gasteiger partial charge is 0.483 e. The molecule has 0 atom stereocenters. The zero-order valence-corrected chi connectivity index (χ0v) is 16.0. The average molecular weight is 383 g/mol. The summed E-state index contributed by atoms with van der Waals surface area (Å²) in [5.74, 6) is 1.59. The van der Waals surface area contributed by atoms with E-state index in [1.165, 1.54) is 6.92 Å². The van der Waals surface area contributed by atoms with Crippen molar-refractivity contribution in [3.63, 3.8) is 0 Å². The van der Waals surface area contributed by atoms with E-state index in [9.17, 15) is 9.59 Å². The molecule has 2 aromatic rings. The smallest absolute Gasteiger partial charge is 0.262 e. The molecule has 2 aliphatic heterocycles. The Hall–Kier alpha value is -3.22. The van der Waals surface area contributed by atoms with Crippen molar-refractivity contribution in [2.45, 2.75) is 32.8 Å². The summed E-state index contributed by atoms with van der Waals surface area (Å²) in [5.41, 5.74) is 1.47. The molecule has 4 rings (SSSR count). The summed E-state index contributed by atoms with van der Waals surface area (Å²) in [6, 6.07) is 8.80. The minimum atomic E-state index is -0.392. The predicted molar refractivity (Wildman–Crippen MR) is 102 cm³/mol. The van der Waals surface area contributed by atoms with Crippen LogP contribution in [0.3, 0.4) is 0 Å². The van der Waals surface area contributed by atoms with Crippen molar-refractivity contribution in [3.8, 4) is 23.0 Å². The first-order valence-electron chi connectivity index (χ1n) is 9.00. The summed E-state index contributed by atoms with van der Waals surface area (Å²) >= 11 is 0. The number of carbonyl (C=O) groups excluding carboxylic acids is 2. The molecule has 2 aliphatic rings. The third-order valence-corrected chi connectivity index (χ3v) is 4.58. The second kappa shape index (κ2) is 6.74. The van der Waals surface area contributed by atoms with Crippen LogP contribution in [0.4, 0.5) is 5.69 Å². The van der Waals surface area contributed by atoms with Gasteiger partial charge in [0.2, 0.25) is 6.79 Å². The number of rotatable bonds is 5. The number of carbonyl (C=O) groups is 2. The zero-order valence-electron chi connectivity index (χ0n) is 16.0. The van der Waals surface area contributed by atoms with Crippen molar-refractivity contribution in [3.05, 3.63) is 41.5 Å². The molecule has 0 aliphatic carbocycles. The number of nitrogens with one attached hydrogen (secondary N) is 1. The van der Waals surface area contributed by atoms with E-state index in [1.54, 1.807) is 18.2 Å². The lowest BCUT2D eigenvalue weighted by atomic mass is 10.0. The number of anilines is 1. The van der Waals surface area contributed by atoms with E-state index in [0.29, 0.717) is 34.2 Å². The summed E-state index contributed by atoms with van der Waals surface area (Å²) in [4.78, 5) is 24.3. The first-order chi connectivity index (χ1) is 13.3. The fourth-order valence-corrected chi connectivity index (χ4v) is 3.37. The molecule has 7 heteroatoms. The van der Waals surface area contributed by atoms with Crippen LogP contribution in [0.2, 0.25) is 0 Å². The summed E-state index contributed by atoms with van der Waals surface area (Å²) < 4.78 is 22.2. The number of ketones is 1. The monoisotopic (exact) mass is 383 g/mol.